The van der Waals surface area contributed by atoms with Crippen LogP contribution in [0, 0.1) is 16.7 Å². The molecule has 0 saturated heterocycles. The van der Waals surface area contributed by atoms with Gasteiger partial charge in [0.25, 0.3) is 0 Å². The van der Waals surface area contributed by atoms with Crippen LogP contribution in [0.1, 0.15) is 47.0 Å². The lowest BCUT2D eigenvalue weighted by atomic mass is 9.64. The normalized spacial score (nSPS) is 55.7. The second kappa shape index (κ2) is 2.51. The van der Waals surface area contributed by atoms with Crippen LogP contribution in [0.15, 0.2) is 12.2 Å². The number of hydrogen-bond donors (Lipinski definition) is 0. The van der Waals surface area contributed by atoms with Crippen molar-refractivity contribution in [1.82, 2.24) is 0 Å². The molecule has 0 aromatic carbocycles. The van der Waals surface area contributed by atoms with Crippen LogP contribution in [0.2, 0.25) is 0 Å². The van der Waals surface area contributed by atoms with Gasteiger partial charge in [-0.3, -0.25) is 0 Å². The molecule has 3 rings (SSSR count). The predicted octanol–water partition coefficient (Wildman–Crippen LogP) is 3.55. The van der Waals surface area contributed by atoms with E-state index in [1.807, 2.05) is 0 Å². The Balaban J connectivity index is 2.06. The highest BCUT2D eigenvalue weighted by atomic mass is 16.5. The lowest BCUT2D eigenvalue weighted by Gasteiger charge is -2.45. The van der Waals surface area contributed by atoms with Crippen LogP contribution < -0.4 is 0 Å². The van der Waals surface area contributed by atoms with E-state index >= 15 is 0 Å². The smallest absolute Gasteiger partial charge is 0.0932 e. The molecule has 1 aliphatic heterocycles. The van der Waals surface area contributed by atoms with Gasteiger partial charge in [-0.1, -0.05) is 32.9 Å². The summed E-state index contributed by atoms with van der Waals surface area (Å²) in [5.74, 6) is 0.859. The zero-order chi connectivity index (χ0) is 10.9. The Morgan fingerprint density at radius 3 is 2.40 bits per heavy atom. The second-order valence-corrected chi connectivity index (χ2v) is 6.57. The quantitative estimate of drug-likeness (QED) is 0.551. The molecule has 2 saturated carbocycles. The van der Waals surface area contributed by atoms with Gasteiger partial charge in [-0.2, -0.15) is 0 Å². The molecule has 1 nitrogen and oxygen atoms in total. The zero-order valence-electron chi connectivity index (χ0n) is 10.3. The average Bonchev–Trinajstić information content (AvgIpc) is 2.66. The van der Waals surface area contributed by atoms with Gasteiger partial charge in [-0.15, -0.1) is 0 Å². The molecule has 0 unspecified atom stereocenters. The van der Waals surface area contributed by atoms with Gasteiger partial charge in [0.2, 0.25) is 0 Å². The highest BCUT2D eigenvalue weighted by Gasteiger charge is 2.69. The van der Waals surface area contributed by atoms with Crippen LogP contribution in [0.3, 0.4) is 0 Å². The van der Waals surface area contributed by atoms with E-state index in [2.05, 4.69) is 39.8 Å². The number of ether oxygens (including phenoxy) is 1. The Morgan fingerprint density at radius 2 is 2.00 bits per heavy atom. The molecule has 1 heteroatoms. The minimum Gasteiger partial charge on any atom is -0.363 e. The first-order valence-electron chi connectivity index (χ1n) is 6.28. The van der Waals surface area contributed by atoms with Gasteiger partial charge in [-0.05, 0) is 37.5 Å². The molecule has 2 bridgehead atoms. The first-order chi connectivity index (χ1) is 6.91. The molecule has 1 spiro atoms. The average molecular weight is 206 g/mol. The highest BCUT2D eigenvalue weighted by molar-refractivity contribution is 5.28. The fourth-order valence-electron chi connectivity index (χ4n) is 4.43. The van der Waals surface area contributed by atoms with Gasteiger partial charge in [0, 0.05) is 5.41 Å². The van der Waals surface area contributed by atoms with Gasteiger partial charge in [-0.25, -0.2) is 0 Å². The lowest BCUT2D eigenvalue weighted by Crippen LogP contribution is -2.46. The van der Waals surface area contributed by atoms with Crippen LogP contribution in [0.25, 0.3) is 0 Å². The Kier molecular flexibility index (Phi) is 1.65. The Hall–Kier alpha value is -0.300. The van der Waals surface area contributed by atoms with Crippen LogP contribution in [0.5, 0.6) is 0 Å². The van der Waals surface area contributed by atoms with Gasteiger partial charge < -0.3 is 4.74 Å². The molecule has 4 atom stereocenters. The summed E-state index contributed by atoms with van der Waals surface area (Å²) in [5, 5.41) is 0. The summed E-state index contributed by atoms with van der Waals surface area (Å²) in [6.45, 7) is 9.50. The molecule has 0 aromatic rings. The molecule has 15 heavy (non-hydrogen) atoms. The summed E-state index contributed by atoms with van der Waals surface area (Å²) in [7, 11) is 0. The van der Waals surface area contributed by atoms with Crippen LogP contribution in [-0.2, 0) is 4.74 Å². The van der Waals surface area contributed by atoms with E-state index in [1.54, 1.807) is 0 Å². The number of fused-ring (bicyclic) bond motifs is 3. The third-order valence-corrected chi connectivity index (χ3v) is 5.95. The molecule has 0 amide bonds. The van der Waals surface area contributed by atoms with E-state index in [0.29, 0.717) is 16.9 Å². The molecule has 1 heterocycles. The Morgan fingerprint density at radius 1 is 1.27 bits per heavy atom. The fourth-order valence-corrected chi connectivity index (χ4v) is 4.43. The van der Waals surface area contributed by atoms with Crippen LogP contribution >= 0.6 is 0 Å². The minimum absolute atomic E-state index is 0.0683. The summed E-state index contributed by atoms with van der Waals surface area (Å²) >= 11 is 0. The van der Waals surface area contributed by atoms with E-state index in [-0.39, 0.29) is 5.60 Å². The highest BCUT2D eigenvalue weighted by Crippen LogP contribution is 2.71. The number of rotatable bonds is 0. The molecule has 2 aliphatic carbocycles. The van der Waals surface area contributed by atoms with Crippen molar-refractivity contribution in [2.24, 2.45) is 16.7 Å². The first-order valence-corrected chi connectivity index (χ1v) is 6.28. The summed E-state index contributed by atoms with van der Waals surface area (Å²) < 4.78 is 6.27. The molecule has 0 aromatic heterocycles. The van der Waals surface area contributed by atoms with Gasteiger partial charge >= 0.3 is 0 Å². The largest absolute Gasteiger partial charge is 0.363 e. The summed E-state index contributed by atoms with van der Waals surface area (Å²) in [5.41, 5.74) is 0.867. The van der Waals surface area contributed by atoms with Gasteiger partial charge in [0.05, 0.1) is 11.7 Å². The third kappa shape index (κ3) is 0.898. The Labute approximate surface area is 92.9 Å². The van der Waals surface area contributed by atoms with E-state index in [1.165, 1.54) is 19.3 Å². The van der Waals surface area contributed by atoms with Crippen molar-refractivity contribution in [3.8, 4) is 0 Å². The summed E-state index contributed by atoms with van der Waals surface area (Å²) in [6.07, 6.45) is 8.92. The van der Waals surface area contributed by atoms with Crippen molar-refractivity contribution in [2.45, 2.75) is 58.7 Å². The first kappa shape index (κ1) is 9.89. The molecule has 0 radical (unpaired) electrons. The van der Waals surface area contributed by atoms with E-state index in [0.717, 1.165) is 5.92 Å². The lowest BCUT2D eigenvalue weighted by molar-refractivity contribution is -0.107. The predicted molar refractivity (Wildman–Crippen MR) is 61.6 cm³/mol. The molecular weight excluding hydrogens is 184 g/mol. The molecule has 84 valence electrons. The molecule has 3 aliphatic rings. The van der Waals surface area contributed by atoms with Crippen LogP contribution in [-0.4, -0.2) is 11.7 Å². The van der Waals surface area contributed by atoms with Crippen LogP contribution in [0.4, 0.5) is 0 Å². The maximum Gasteiger partial charge on any atom is 0.0932 e. The van der Waals surface area contributed by atoms with E-state index < -0.39 is 0 Å². The second-order valence-electron chi connectivity index (χ2n) is 6.57. The SMILES string of the molecule is C[C@H]1C=C[C@@]2(C[C@H]3CC[C@]2(C)C3(C)C)O1. The molecular formula is C14H22O. The standard InChI is InChI=1S/C14H22O/c1-10-5-8-14(15-10)9-11-6-7-13(14,4)12(11,2)3/h5,8,10-11H,6-7,9H2,1-4H3/t10-,11+,13+,14-/m0/s1. The monoisotopic (exact) mass is 206 g/mol. The zero-order valence-corrected chi connectivity index (χ0v) is 10.3. The van der Waals surface area contributed by atoms with Crippen molar-refractivity contribution < 1.29 is 4.74 Å². The third-order valence-electron chi connectivity index (χ3n) is 5.95. The topological polar surface area (TPSA) is 9.23 Å². The van der Waals surface area contributed by atoms with Crippen molar-refractivity contribution in [3.05, 3.63) is 12.2 Å². The van der Waals surface area contributed by atoms with Gasteiger partial charge in [0.1, 0.15) is 0 Å². The molecule has 0 N–H and O–H groups in total. The van der Waals surface area contributed by atoms with Gasteiger partial charge in [0.15, 0.2) is 0 Å². The summed E-state index contributed by atoms with van der Waals surface area (Å²) in [4.78, 5) is 0. The van der Waals surface area contributed by atoms with Crippen molar-refractivity contribution >= 4 is 0 Å². The van der Waals surface area contributed by atoms with Crippen molar-refractivity contribution in [3.63, 3.8) is 0 Å². The van der Waals surface area contributed by atoms with Crippen molar-refractivity contribution in [2.75, 3.05) is 0 Å². The van der Waals surface area contributed by atoms with E-state index in [4.69, 9.17) is 4.74 Å². The summed E-state index contributed by atoms with van der Waals surface area (Å²) in [6, 6.07) is 0. The maximum atomic E-state index is 6.27. The minimum atomic E-state index is 0.0683. The fraction of sp³-hybridized carbons (Fsp3) is 0.857. The maximum absolute atomic E-state index is 6.27. The molecule has 2 fully saturated rings. The Bertz CT molecular complexity index is 330. The number of hydrogen-bond acceptors (Lipinski definition) is 1. The van der Waals surface area contributed by atoms with Crippen molar-refractivity contribution in [1.29, 1.82) is 0 Å². The van der Waals surface area contributed by atoms with E-state index in [9.17, 15) is 0 Å².